The predicted molar refractivity (Wildman–Crippen MR) is 98.0 cm³/mol. The van der Waals surface area contributed by atoms with Gasteiger partial charge in [-0.3, -0.25) is 4.79 Å². The van der Waals surface area contributed by atoms with E-state index in [4.69, 9.17) is 0 Å². The topological polar surface area (TPSA) is 57.5 Å². The number of halogens is 3. The Morgan fingerprint density at radius 2 is 1.68 bits per heavy atom. The van der Waals surface area contributed by atoms with Crippen LogP contribution in [-0.2, 0) is 4.79 Å². The third-order valence-electron chi connectivity index (χ3n) is 9.82. The van der Waals surface area contributed by atoms with E-state index in [2.05, 4.69) is 6.92 Å². The van der Waals surface area contributed by atoms with E-state index in [9.17, 15) is 28.2 Å². The fraction of sp³-hybridized carbons (Fsp3) is 0.955. The first-order chi connectivity index (χ1) is 12.8. The number of rotatable bonds is 1. The van der Waals surface area contributed by atoms with Crippen LogP contribution in [0.25, 0.3) is 0 Å². The van der Waals surface area contributed by atoms with Crippen LogP contribution in [0.4, 0.5) is 13.2 Å². The third-order valence-corrected chi connectivity index (χ3v) is 9.82. The van der Waals surface area contributed by atoms with Crippen LogP contribution in [0.3, 0.4) is 0 Å². The van der Waals surface area contributed by atoms with E-state index in [1.54, 1.807) is 6.92 Å². The van der Waals surface area contributed by atoms with E-state index in [-0.39, 0.29) is 41.3 Å². The molecule has 28 heavy (non-hydrogen) atoms. The van der Waals surface area contributed by atoms with Crippen LogP contribution in [0.5, 0.6) is 0 Å². The molecular weight excluding hydrogens is 369 g/mol. The Morgan fingerprint density at radius 3 is 2.29 bits per heavy atom. The van der Waals surface area contributed by atoms with Gasteiger partial charge in [-0.15, -0.1) is 0 Å². The minimum atomic E-state index is -4.39. The molecule has 8 atom stereocenters. The lowest BCUT2D eigenvalue weighted by Gasteiger charge is -2.64. The second-order valence-electron chi connectivity index (χ2n) is 10.7. The van der Waals surface area contributed by atoms with E-state index in [0.29, 0.717) is 12.3 Å². The minimum Gasteiger partial charge on any atom is -0.365 e. The molecule has 4 aliphatic carbocycles. The molecule has 0 spiro atoms. The van der Waals surface area contributed by atoms with Crippen LogP contribution in [0.15, 0.2) is 0 Å². The molecule has 4 fully saturated rings. The van der Waals surface area contributed by atoms with Crippen molar-refractivity contribution in [2.45, 2.75) is 84.1 Å². The van der Waals surface area contributed by atoms with Crippen molar-refractivity contribution in [1.82, 2.24) is 0 Å². The van der Waals surface area contributed by atoms with Crippen molar-refractivity contribution < 1.29 is 28.2 Å². The Labute approximate surface area is 165 Å². The molecule has 4 rings (SSSR count). The van der Waals surface area contributed by atoms with Gasteiger partial charge in [0, 0.05) is 17.8 Å². The van der Waals surface area contributed by atoms with Crippen LogP contribution >= 0.6 is 0 Å². The first kappa shape index (κ1) is 20.6. The summed E-state index contributed by atoms with van der Waals surface area (Å²) in [6, 6.07) is 0. The number of hydrogen-bond acceptors (Lipinski definition) is 3. The molecule has 4 saturated carbocycles. The predicted octanol–water partition coefficient (Wildman–Crippen LogP) is 4.70. The van der Waals surface area contributed by atoms with Crippen LogP contribution in [0, 0.1) is 46.3 Å². The second-order valence-corrected chi connectivity index (χ2v) is 10.7. The fourth-order valence-electron chi connectivity index (χ4n) is 8.32. The van der Waals surface area contributed by atoms with Crippen molar-refractivity contribution >= 4 is 5.78 Å². The molecule has 4 aliphatic rings. The highest BCUT2D eigenvalue weighted by molar-refractivity contribution is 5.79. The summed E-state index contributed by atoms with van der Waals surface area (Å²) in [6.45, 7) is 5.72. The lowest BCUT2D eigenvalue weighted by Crippen LogP contribution is -2.65. The summed E-state index contributed by atoms with van der Waals surface area (Å²) in [5, 5.41) is 21.9. The van der Waals surface area contributed by atoms with Gasteiger partial charge in [-0.25, -0.2) is 0 Å². The Kier molecular flexibility index (Phi) is 4.57. The highest BCUT2D eigenvalue weighted by atomic mass is 19.4. The van der Waals surface area contributed by atoms with Gasteiger partial charge in [0.25, 0.3) is 0 Å². The molecule has 0 heterocycles. The van der Waals surface area contributed by atoms with Gasteiger partial charge in [-0.2, -0.15) is 13.2 Å². The molecule has 160 valence electrons. The van der Waals surface area contributed by atoms with Gasteiger partial charge in [0.2, 0.25) is 0 Å². The maximum absolute atomic E-state index is 13.4. The van der Waals surface area contributed by atoms with Gasteiger partial charge >= 0.3 is 6.18 Å². The van der Waals surface area contributed by atoms with E-state index in [0.717, 1.165) is 32.1 Å². The Balaban J connectivity index is 1.66. The van der Waals surface area contributed by atoms with Crippen molar-refractivity contribution in [2.24, 2.45) is 46.3 Å². The highest BCUT2D eigenvalue weighted by Gasteiger charge is 2.68. The van der Waals surface area contributed by atoms with Crippen LogP contribution in [0.2, 0.25) is 0 Å². The first-order valence-corrected chi connectivity index (χ1v) is 10.8. The second kappa shape index (κ2) is 6.19. The quantitative estimate of drug-likeness (QED) is 0.625. The molecule has 6 heteroatoms. The molecule has 0 bridgehead atoms. The maximum atomic E-state index is 13.4. The summed E-state index contributed by atoms with van der Waals surface area (Å²) in [5.74, 6) is -3.31. The smallest absolute Gasteiger partial charge is 0.365 e. The van der Waals surface area contributed by atoms with Gasteiger partial charge in [0.15, 0.2) is 5.79 Å². The van der Waals surface area contributed by atoms with Crippen molar-refractivity contribution in [3.05, 3.63) is 0 Å². The zero-order valence-corrected chi connectivity index (χ0v) is 17.1. The molecule has 0 radical (unpaired) electrons. The Morgan fingerprint density at radius 1 is 1.00 bits per heavy atom. The number of fused-ring (bicyclic) bond motifs is 5. The molecule has 0 aromatic carbocycles. The van der Waals surface area contributed by atoms with Crippen molar-refractivity contribution in [3.63, 3.8) is 0 Å². The van der Waals surface area contributed by atoms with Gasteiger partial charge in [0.05, 0.1) is 5.92 Å². The number of ketones is 1. The zero-order valence-electron chi connectivity index (χ0n) is 17.1. The summed E-state index contributed by atoms with van der Waals surface area (Å²) in [5.41, 5.74) is -0.958. The van der Waals surface area contributed by atoms with Crippen molar-refractivity contribution in [3.8, 4) is 0 Å². The molecular formula is C22H33F3O3. The van der Waals surface area contributed by atoms with Gasteiger partial charge in [-0.05, 0) is 81.0 Å². The molecule has 2 N–H and O–H groups in total. The number of hydrogen-bond donors (Lipinski definition) is 2. The van der Waals surface area contributed by atoms with Crippen LogP contribution < -0.4 is 0 Å². The number of aliphatic hydroxyl groups is 2. The van der Waals surface area contributed by atoms with Gasteiger partial charge < -0.3 is 10.2 Å². The largest absolute Gasteiger partial charge is 0.392 e. The monoisotopic (exact) mass is 402 g/mol. The maximum Gasteiger partial charge on any atom is 0.392 e. The molecule has 3 nitrogen and oxygen atoms in total. The molecule has 0 aliphatic heterocycles. The summed E-state index contributed by atoms with van der Waals surface area (Å²) >= 11 is 0. The normalized spacial score (nSPS) is 50.4. The zero-order chi connectivity index (χ0) is 20.7. The molecule has 0 aromatic heterocycles. The van der Waals surface area contributed by atoms with E-state index < -0.39 is 29.7 Å². The van der Waals surface area contributed by atoms with Crippen LogP contribution in [-0.4, -0.2) is 28.0 Å². The summed E-state index contributed by atoms with van der Waals surface area (Å²) < 4.78 is 40.2. The number of carbonyl (C=O) groups excluding carboxylic acids is 1. The number of carbonyl (C=O) groups is 1. The van der Waals surface area contributed by atoms with E-state index in [1.807, 2.05) is 6.92 Å². The summed E-state index contributed by atoms with van der Waals surface area (Å²) in [4.78, 5) is 12.2. The lowest BCUT2D eigenvalue weighted by atomic mass is 9.42. The van der Waals surface area contributed by atoms with Gasteiger partial charge in [-0.1, -0.05) is 13.8 Å². The van der Waals surface area contributed by atoms with E-state index >= 15 is 0 Å². The molecule has 0 saturated heterocycles. The SMILES string of the molecule is CC(=O)[C@H]1CC[C@H]2[C@@H]3CC[C@@H]4C[C@@H](C(F)(F)F)CC(O)(O)[C@]4(C)[C@H]3CC[C@]12C. The fourth-order valence-corrected chi connectivity index (χ4v) is 8.32. The van der Waals surface area contributed by atoms with Crippen LogP contribution in [0.1, 0.15) is 72.1 Å². The third kappa shape index (κ3) is 2.65. The highest BCUT2D eigenvalue weighted by Crippen LogP contribution is 2.69. The lowest BCUT2D eigenvalue weighted by molar-refractivity contribution is -0.341. The average molecular weight is 402 g/mol. The number of Topliss-reactive ketones (excluding diaryl/α,β-unsaturated/α-hetero) is 1. The number of alkyl halides is 3. The first-order valence-electron chi connectivity index (χ1n) is 10.8. The summed E-state index contributed by atoms with van der Waals surface area (Å²) in [6.07, 6.45) is -0.0643. The standard InChI is InChI=1S/C22H33F3O3/c1-12(26)16-6-7-17-15-5-4-13-10-14(22(23,24)25)11-21(27,28)20(13,3)18(15)8-9-19(16,17)2/h13-18,27-28H,4-11H2,1-3H3/t13-,14-,15+,16-,17+,18+,19-,20+/m1/s1. The van der Waals surface area contributed by atoms with Crippen molar-refractivity contribution in [1.29, 1.82) is 0 Å². The summed E-state index contributed by atoms with van der Waals surface area (Å²) in [7, 11) is 0. The Hall–Kier alpha value is -0.620. The van der Waals surface area contributed by atoms with Gasteiger partial charge in [0.1, 0.15) is 5.78 Å². The average Bonchev–Trinajstić information content (AvgIpc) is 2.92. The van der Waals surface area contributed by atoms with Crippen molar-refractivity contribution in [2.75, 3.05) is 0 Å². The Bertz CT molecular complexity index is 660. The molecule has 0 unspecified atom stereocenters. The molecule has 0 amide bonds. The minimum absolute atomic E-state index is 0.00406. The molecule has 0 aromatic rings. The van der Waals surface area contributed by atoms with E-state index in [1.165, 1.54) is 0 Å².